The van der Waals surface area contributed by atoms with Gasteiger partial charge in [0.1, 0.15) is 10.7 Å². The SMILES string of the molecule is Cc1sc2nc([C@@H](C)N3CCC(c4nc5ccccc5s4)CC3)[nH]c(=O)c2c1C. The van der Waals surface area contributed by atoms with Crippen molar-refractivity contribution in [3.05, 3.63) is 55.9 Å². The minimum absolute atomic E-state index is 0.0111. The largest absolute Gasteiger partial charge is 0.309 e. The molecule has 5 rings (SSSR count). The number of thiophene rings is 1. The molecular formula is C22H24N4OS2. The summed E-state index contributed by atoms with van der Waals surface area (Å²) >= 11 is 3.44. The number of benzene rings is 1. The first-order chi connectivity index (χ1) is 14.0. The van der Waals surface area contributed by atoms with E-state index in [4.69, 9.17) is 9.97 Å². The average molecular weight is 425 g/mol. The van der Waals surface area contributed by atoms with Crippen LogP contribution in [0.25, 0.3) is 20.4 Å². The van der Waals surface area contributed by atoms with Gasteiger partial charge in [0, 0.05) is 10.8 Å². The molecule has 0 spiro atoms. The molecule has 150 valence electrons. The highest BCUT2D eigenvalue weighted by atomic mass is 32.1. The molecule has 3 aromatic heterocycles. The summed E-state index contributed by atoms with van der Waals surface area (Å²) in [5.74, 6) is 1.30. The Bertz CT molecular complexity index is 1210. The molecule has 0 radical (unpaired) electrons. The van der Waals surface area contributed by atoms with Crippen molar-refractivity contribution in [3.8, 4) is 0 Å². The molecule has 1 aliphatic heterocycles. The summed E-state index contributed by atoms with van der Waals surface area (Å²) in [7, 11) is 0. The number of H-pyrrole nitrogens is 1. The van der Waals surface area contributed by atoms with Crippen LogP contribution in [-0.2, 0) is 0 Å². The smallest absolute Gasteiger partial charge is 0.259 e. The van der Waals surface area contributed by atoms with Crippen molar-refractivity contribution in [1.82, 2.24) is 19.9 Å². The summed E-state index contributed by atoms with van der Waals surface area (Å²) in [6, 6.07) is 8.48. The predicted octanol–water partition coefficient (Wildman–Crippen LogP) is 5.15. The molecule has 1 N–H and O–H groups in total. The minimum Gasteiger partial charge on any atom is -0.309 e. The Morgan fingerprint density at radius 1 is 1.14 bits per heavy atom. The molecule has 0 amide bonds. The van der Waals surface area contributed by atoms with Gasteiger partial charge < -0.3 is 4.98 Å². The topological polar surface area (TPSA) is 61.9 Å². The maximum Gasteiger partial charge on any atom is 0.259 e. The zero-order chi connectivity index (χ0) is 20.1. The van der Waals surface area contributed by atoms with E-state index >= 15 is 0 Å². The molecule has 1 atom stereocenters. The third-order valence-electron chi connectivity index (χ3n) is 6.19. The molecule has 29 heavy (non-hydrogen) atoms. The average Bonchev–Trinajstić information content (AvgIpc) is 3.28. The fourth-order valence-electron chi connectivity index (χ4n) is 4.24. The van der Waals surface area contributed by atoms with Crippen LogP contribution in [0.1, 0.15) is 53.0 Å². The fraction of sp³-hybridized carbons (Fsp3) is 0.409. The standard InChI is InChI=1S/C22H24N4OS2/c1-12-14(3)28-22-18(12)20(27)24-19(25-22)13(2)26-10-8-15(9-11-26)21-23-16-6-4-5-7-17(16)29-21/h4-7,13,15H,8-11H2,1-3H3,(H,24,25,27)/t13-/m1/s1. The molecule has 0 bridgehead atoms. The maximum atomic E-state index is 12.6. The Hall–Kier alpha value is -2.09. The third-order valence-corrected chi connectivity index (χ3v) is 8.49. The van der Waals surface area contributed by atoms with E-state index in [9.17, 15) is 4.79 Å². The number of para-hydroxylation sites is 1. The van der Waals surface area contributed by atoms with E-state index in [1.165, 1.54) is 14.6 Å². The van der Waals surface area contributed by atoms with Crippen molar-refractivity contribution in [2.75, 3.05) is 13.1 Å². The first kappa shape index (κ1) is 18.9. The van der Waals surface area contributed by atoms with Gasteiger partial charge in [0.15, 0.2) is 0 Å². The second kappa shape index (κ2) is 7.31. The molecule has 1 fully saturated rings. The lowest BCUT2D eigenvalue weighted by molar-refractivity contribution is 0.157. The van der Waals surface area contributed by atoms with Crippen LogP contribution in [-0.4, -0.2) is 32.9 Å². The van der Waals surface area contributed by atoms with Gasteiger partial charge in [0.2, 0.25) is 0 Å². The molecule has 4 heterocycles. The highest BCUT2D eigenvalue weighted by molar-refractivity contribution is 7.19. The van der Waals surface area contributed by atoms with E-state index in [-0.39, 0.29) is 11.6 Å². The van der Waals surface area contributed by atoms with Gasteiger partial charge in [-0.3, -0.25) is 9.69 Å². The summed E-state index contributed by atoms with van der Waals surface area (Å²) in [5.41, 5.74) is 2.15. The number of nitrogens with one attached hydrogen (secondary N) is 1. The summed E-state index contributed by atoms with van der Waals surface area (Å²) in [5, 5.41) is 2.01. The number of rotatable bonds is 3. The molecule has 1 aliphatic rings. The molecular weight excluding hydrogens is 400 g/mol. The van der Waals surface area contributed by atoms with Gasteiger partial charge >= 0.3 is 0 Å². The summed E-state index contributed by atoms with van der Waals surface area (Å²) < 4.78 is 1.27. The number of hydrogen-bond donors (Lipinski definition) is 1. The molecule has 7 heteroatoms. The van der Waals surface area contributed by atoms with Crippen LogP contribution >= 0.6 is 22.7 Å². The zero-order valence-electron chi connectivity index (χ0n) is 16.9. The number of likely N-dealkylation sites (tertiary alicyclic amines) is 1. The van der Waals surface area contributed by atoms with Gasteiger partial charge in [0.25, 0.3) is 5.56 Å². The first-order valence-electron chi connectivity index (χ1n) is 10.1. The lowest BCUT2D eigenvalue weighted by Crippen LogP contribution is -2.36. The zero-order valence-corrected chi connectivity index (χ0v) is 18.5. The molecule has 4 aromatic rings. The minimum atomic E-state index is -0.0111. The van der Waals surface area contributed by atoms with E-state index in [0.29, 0.717) is 5.92 Å². The third kappa shape index (κ3) is 3.31. The number of aromatic nitrogens is 3. The van der Waals surface area contributed by atoms with E-state index in [1.807, 2.05) is 18.3 Å². The number of nitrogens with zero attached hydrogens (tertiary/aromatic N) is 3. The van der Waals surface area contributed by atoms with Crippen molar-refractivity contribution in [3.63, 3.8) is 0 Å². The highest BCUT2D eigenvalue weighted by Gasteiger charge is 2.28. The lowest BCUT2D eigenvalue weighted by Gasteiger charge is -2.34. The van der Waals surface area contributed by atoms with Crippen LogP contribution in [0.4, 0.5) is 0 Å². The van der Waals surface area contributed by atoms with E-state index in [1.54, 1.807) is 11.3 Å². The molecule has 0 unspecified atom stereocenters. The van der Waals surface area contributed by atoms with Gasteiger partial charge in [-0.15, -0.1) is 22.7 Å². The summed E-state index contributed by atoms with van der Waals surface area (Å²) in [6.07, 6.45) is 2.18. The second-order valence-electron chi connectivity index (χ2n) is 7.92. The molecule has 5 nitrogen and oxygen atoms in total. The Labute approximate surface area is 177 Å². The van der Waals surface area contributed by atoms with Gasteiger partial charge in [-0.25, -0.2) is 9.97 Å². The number of fused-ring (bicyclic) bond motifs is 2. The Morgan fingerprint density at radius 3 is 2.66 bits per heavy atom. The van der Waals surface area contributed by atoms with Crippen LogP contribution in [0.5, 0.6) is 0 Å². The normalized spacial score (nSPS) is 17.3. The van der Waals surface area contributed by atoms with Crippen molar-refractivity contribution in [2.24, 2.45) is 0 Å². The predicted molar refractivity (Wildman–Crippen MR) is 121 cm³/mol. The summed E-state index contributed by atoms with van der Waals surface area (Å²) in [6.45, 7) is 8.19. The molecule has 1 saturated heterocycles. The van der Waals surface area contributed by atoms with Crippen LogP contribution in [0.2, 0.25) is 0 Å². The van der Waals surface area contributed by atoms with E-state index in [0.717, 1.165) is 53.1 Å². The van der Waals surface area contributed by atoms with Gasteiger partial charge in [-0.2, -0.15) is 0 Å². The summed E-state index contributed by atoms with van der Waals surface area (Å²) in [4.78, 5) is 29.8. The highest BCUT2D eigenvalue weighted by Crippen LogP contribution is 2.36. The molecule has 0 aliphatic carbocycles. The number of aromatic amines is 1. The van der Waals surface area contributed by atoms with Gasteiger partial charge in [-0.05, 0) is 64.4 Å². The molecule has 0 saturated carbocycles. The quantitative estimate of drug-likeness (QED) is 0.494. The van der Waals surface area contributed by atoms with Crippen LogP contribution < -0.4 is 5.56 Å². The number of thiazole rings is 1. The fourth-order valence-corrected chi connectivity index (χ4v) is 6.41. The van der Waals surface area contributed by atoms with Gasteiger partial charge in [-0.1, -0.05) is 12.1 Å². The number of aryl methyl sites for hydroxylation is 2. The number of piperidine rings is 1. The van der Waals surface area contributed by atoms with E-state index < -0.39 is 0 Å². The van der Waals surface area contributed by atoms with Crippen molar-refractivity contribution < 1.29 is 0 Å². The molecule has 1 aromatic carbocycles. The lowest BCUT2D eigenvalue weighted by atomic mass is 9.96. The Morgan fingerprint density at radius 2 is 1.90 bits per heavy atom. The number of hydrogen-bond acceptors (Lipinski definition) is 6. The van der Waals surface area contributed by atoms with Crippen LogP contribution in [0, 0.1) is 13.8 Å². The second-order valence-corrected chi connectivity index (χ2v) is 10.2. The van der Waals surface area contributed by atoms with Crippen molar-refractivity contribution in [2.45, 2.75) is 45.6 Å². The van der Waals surface area contributed by atoms with Crippen molar-refractivity contribution in [1.29, 1.82) is 0 Å². The van der Waals surface area contributed by atoms with Gasteiger partial charge in [0.05, 0.1) is 26.7 Å². The Balaban J connectivity index is 1.34. The van der Waals surface area contributed by atoms with Crippen molar-refractivity contribution >= 4 is 43.1 Å². The Kier molecular flexibility index (Phi) is 4.76. The van der Waals surface area contributed by atoms with Crippen LogP contribution in [0.15, 0.2) is 29.1 Å². The monoisotopic (exact) mass is 424 g/mol. The first-order valence-corrected chi connectivity index (χ1v) is 11.7. The van der Waals surface area contributed by atoms with Crippen LogP contribution in [0.3, 0.4) is 0 Å². The van der Waals surface area contributed by atoms with E-state index in [2.05, 4.69) is 48.0 Å². The maximum absolute atomic E-state index is 12.6.